The van der Waals surface area contributed by atoms with Crippen molar-refractivity contribution in [3.63, 3.8) is 0 Å². The minimum absolute atomic E-state index is 0.944. The van der Waals surface area contributed by atoms with E-state index >= 15 is 0 Å². The predicted molar refractivity (Wildman–Crippen MR) is 207 cm³/mol. The van der Waals surface area contributed by atoms with Crippen molar-refractivity contribution in [3.8, 4) is 39.3 Å². The van der Waals surface area contributed by atoms with Gasteiger partial charge >= 0.3 is 0 Å². The summed E-state index contributed by atoms with van der Waals surface area (Å²) in [7, 11) is 0. The molecule has 9 aromatic carbocycles. The van der Waals surface area contributed by atoms with Crippen LogP contribution in [0.25, 0.3) is 93.5 Å². The zero-order valence-corrected chi connectivity index (χ0v) is 26.7. The fourth-order valence-electron chi connectivity index (χ4n) is 7.64. The Morgan fingerprint density at radius 1 is 0.347 bits per heavy atom. The molecule has 0 saturated carbocycles. The maximum Gasteiger partial charge on any atom is 0.145 e. The van der Waals surface area contributed by atoms with E-state index in [2.05, 4.69) is 180 Å². The molecule has 0 atom stereocenters. The first-order chi connectivity index (χ1) is 24.3. The van der Waals surface area contributed by atoms with Crippen LogP contribution in [-0.2, 0) is 0 Å². The third-order valence-corrected chi connectivity index (χ3v) is 9.97. The van der Waals surface area contributed by atoms with Crippen LogP contribution in [0.5, 0.6) is 0 Å². The zero-order chi connectivity index (χ0) is 32.3. The molecule has 0 fully saturated rings. The van der Waals surface area contributed by atoms with Crippen LogP contribution < -0.4 is 0 Å². The van der Waals surface area contributed by atoms with Gasteiger partial charge in [0, 0.05) is 11.3 Å². The third kappa shape index (κ3) is 4.46. The molecule has 2 nitrogen and oxygen atoms in total. The van der Waals surface area contributed by atoms with E-state index in [9.17, 15) is 0 Å². The lowest BCUT2D eigenvalue weighted by molar-refractivity contribution is 1.10. The van der Waals surface area contributed by atoms with Gasteiger partial charge in [0.05, 0.1) is 11.0 Å². The Morgan fingerprint density at radius 2 is 0.898 bits per heavy atom. The van der Waals surface area contributed by atoms with Crippen LogP contribution in [0.4, 0.5) is 0 Å². The number of hydrogen-bond donors (Lipinski definition) is 0. The lowest BCUT2D eigenvalue weighted by Gasteiger charge is -2.17. The number of benzene rings is 9. The standard InChI is InChI=1S/C47H30N2/c1-2-13-33(14-3-1)47-48-45-20-10-11-21-46(45)49(47)36-26-24-32(25-27-36)41-29-43-40-19-9-7-17-38(40)42(30-44(43)39-18-8-6-16-37(39)41)35-23-22-31-12-4-5-15-34(31)28-35/h1-30H. The lowest BCUT2D eigenvalue weighted by Crippen LogP contribution is -1.97. The van der Waals surface area contributed by atoms with Gasteiger partial charge in [-0.1, -0.05) is 140 Å². The van der Waals surface area contributed by atoms with Crippen molar-refractivity contribution in [2.75, 3.05) is 0 Å². The third-order valence-electron chi connectivity index (χ3n) is 9.97. The monoisotopic (exact) mass is 622 g/mol. The van der Waals surface area contributed by atoms with Crippen molar-refractivity contribution in [1.29, 1.82) is 0 Å². The first kappa shape index (κ1) is 27.6. The summed E-state index contributed by atoms with van der Waals surface area (Å²) < 4.78 is 2.27. The smallest absolute Gasteiger partial charge is 0.145 e. The molecule has 1 heterocycles. The van der Waals surface area contributed by atoms with E-state index in [1.807, 2.05) is 6.07 Å². The summed E-state index contributed by atoms with van der Waals surface area (Å²) in [5.41, 5.74) is 9.19. The Kier molecular flexibility index (Phi) is 6.22. The van der Waals surface area contributed by atoms with Gasteiger partial charge in [0.15, 0.2) is 0 Å². The van der Waals surface area contributed by atoms with Crippen molar-refractivity contribution in [2.24, 2.45) is 0 Å². The highest BCUT2D eigenvalue weighted by Crippen LogP contribution is 2.42. The summed E-state index contributed by atoms with van der Waals surface area (Å²) in [6, 6.07) is 65.8. The van der Waals surface area contributed by atoms with Gasteiger partial charge in [-0.3, -0.25) is 4.57 Å². The van der Waals surface area contributed by atoms with Crippen LogP contribution >= 0.6 is 0 Å². The molecule has 0 unspecified atom stereocenters. The molecule has 10 rings (SSSR count). The number of nitrogens with zero attached hydrogens (tertiary/aromatic N) is 2. The lowest BCUT2D eigenvalue weighted by atomic mass is 9.87. The van der Waals surface area contributed by atoms with E-state index in [1.54, 1.807) is 0 Å². The van der Waals surface area contributed by atoms with E-state index in [4.69, 9.17) is 4.98 Å². The second-order valence-electron chi connectivity index (χ2n) is 12.8. The summed E-state index contributed by atoms with van der Waals surface area (Å²) in [4.78, 5) is 5.05. The highest BCUT2D eigenvalue weighted by Gasteiger charge is 2.17. The summed E-state index contributed by atoms with van der Waals surface area (Å²) >= 11 is 0. The van der Waals surface area contributed by atoms with Crippen LogP contribution in [0.1, 0.15) is 0 Å². The van der Waals surface area contributed by atoms with Gasteiger partial charge in [0.1, 0.15) is 5.82 Å². The van der Waals surface area contributed by atoms with Gasteiger partial charge in [0.2, 0.25) is 0 Å². The summed E-state index contributed by atoms with van der Waals surface area (Å²) in [6.45, 7) is 0. The molecule has 2 heteroatoms. The molecule has 0 aliphatic carbocycles. The van der Waals surface area contributed by atoms with Gasteiger partial charge in [-0.25, -0.2) is 4.98 Å². The molecule has 49 heavy (non-hydrogen) atoms. The number of para-hydroxylation sites is 2. The Hall–Kier alpha value is -6.51. The van der Waals surface area contributed by atoms with Crippen molar-refractivity contribution in [1.82, 2.24) is 9.55 Å². The minimum atomic E-state index is 0.944. The molecular formula is C47H30N2. The fraction of sp³-hybridized carbons (Fsp3) is 0. The molecule has 0 radical (unpaired) electrons. The molecule has 10 aromatic rings. The maximum atomic E-state index is 5.05. The first-order valence-electron chi connectivity index (χ1n) is 16.8. The second kappa shape index (κ2) is 11.0. The Balaban J connectivity index is 1.17. The average Bonchev–Trinajstić information content (AvgIpc) is 3.57. The minimum Gasteiger partial charge on any atom is -0.292 e. The molecular weight excluding hydrogens is 593 g/mol. The molecule has 0 aliphatic rings. The van der Waals surface area contributed by atoms with Crippen LogP contribution in [0.3, 0.4) is 0 Å². The van der Waals surface area contributed by atoms with Crippen molar-refractivity contribution >= 4 is 54.1 Å². The molecule has 0 bridgehead atoms. The molecule has 0 spiro atoms. The Bertz CT molecular complexity index is 2860. The number of aromatic nitrogens is 2. The molecule has 1 aromatic heterocycles. The number of fused-ring (bicyclic) bond motifs is 7. The zero-order valence-electron chi connectivity index (χ0n) is 26.7. The van der Waals surface area contributed by atoms with E-state index in [0.29, 0.717) is 0 Å². The van der Waals surface area contributed by atoms with Gasteiger partial charge in [-0.15, -0.1) is 0 Å². The summed E-state index contributed by atoms with van der Waals surface area (Å²) in [6.07, 6.45) is 0. The van der Waals surface area contributed by atoms with Gasteiger partial charge in [-0.2, -0.15) is 0 Å². The van der Waals surface area contributed by atoms with Crippen molar-refractivity contribution < 1.29 is 0 Å². The summed E-state index contributed by atoms with van der Waals surface area (Å²) in [5.74, 6) is 0.944. The van der Waals surface area contributed by atoms with E-state index in [0.717, 1.165) is 28.1 Å². The number of imidazole rings is 1. The number of rotatable bonds is 4. The van der Waals surface area contributed by atoms with Gasteiger partial charge in [0.25, 0.3) is 0 Å². The van der Waals surface area contributed by atoms with Crippen LogP contribution in [0.2, 0.25) is 0 Å². The largest absolute Gasteiger partial charge is 0.292 e. The van der Waals surface area contributed by atoms with Crippen LogP contribution in [-0.4, -0.2) is 9.55 Å². The average molecular weight is 623 g/mol. The Morgan fingerprint density at radius 3 is 1.61 bits per heavy atom. The van der Waals surface area contributed by atoms with E-state index in [-0.39, 0.29) is 0 Å². The summed E-state index contributed by atoms with van der Waals surface area (Å²) in [5, 5.41) is 10.1. The Labute approximate surface area is 284 Å². The molecule has 0 N–H and O–H groups in total. The van der Waals surface area contributed by atoms with Crippen LogP contribution in [0, 0.1) is 0 Å². The highest BCUT2D eigenvalue weighted by molar-refractivity contribution is 6.24. The molecule has 228 valence electrons. The van der Waals surface area contributed by atoms with E-state index < -0.39 is 0 Å². The number of hydrogen-bond acceptors (Lipinski definition) is 1. The normalized spacial score (nSPS) is 11.7. The second-order valence-corrected chi connectivity index (χ2v) is 12.8. The predicted octanol–water partition coefficient (Wildman–Crippen LogP) is 12.6. The highest BCUT2D eigenvalue weighted by atomic mass is 15.1. The van der Waals surface area contributed by atoms with Crippen LogP contribution in [0.15, 0.2) is 182 Å². The fourth-order valence-corrected chi connectivity index (χ4v) is 7.64. The topological polar surface area (TPSA) is 17.8 Å². The molecule has 0 amide bonds. The quantitative estimate of drug-likeness (QED) is 0.179. The van der Waals surface area contributed by atoms with Gasteiger partial charge in [-0.05, 0) is 108 Å². The SMILES string of the molecule is c1ccc(-c2nc3ccccc3n2-c2ccc(-c3cc4c5ccccc5c(-c5ccc6ccccc6c5)cc4c4ccccc34)cc2)cc1. The first-order valence-corrected chi connectivity index (χ1v) is 16.8. The van der Waals surface area contributed by atoms with Crippen molar-refractivity contribution in [3.05, 3.63) is 182 Å². The maximum absolute atomic E-state index is 5.05. The van der Waals surface area contributed by atoms with Gasteiger partial charge < -0.3 is 0 Å². The molecule has 0 aliphatic heterocycles. The van der Waals surface area contributed by atoms with E-state index in [1.165, 1.54) is 65.3 Å². The van der Waals surface area contributed by atoms with Crippen molar-refractivity contribution in [2.45, 2.75) is 0 Å². The molecule has 0 saturated heterocycles.